The monoisotopic (exact) mass is 567 g/mol. The number of nitrogens with one attached hydrogen (secondary N) is 3. The number of nitrogens with zero attached hydrogens (tertiary/aromatic N) is 2. The van der Waals surface area contributed by atoms with Gasteiger partial charge in [0, 0.05) is 55.3 Å². The molecule has 0 atom stereocenters. The second-order valence-corrected chi connectivity index (χ2v) is 7.95. The van der Waals surface area contributed by atoms with Crippen molar-refractivity contribution in [1.82, 2.24) is 20.9 Å². The van der Waals surface area contributed by atoms with E-state index in [1.54, 1.807) is 19.2 Å². The van der Waals surface area contributed by atoms with E-state index in [0.29, 0.717) is 18.7 Å². The lowest BCUT2D eigenvalue weighted by atomic mass is 10.0. The summed E-state index contributed by atoms with van der Waals surface area (Å²) in [6, 6.07) is 7.34. The van der Waals surface area contributed by atoms with Crippen LogP contribution in [0.3, 0.4) is 0 Å². The van der Waals surface area contributed by atoms with Crippen LogP contribution in [0.2, 0.25) is 0 Å². The molecule has 7 nitrogen and oxygen atoms in total. The molecule has 1 aromatic rings. The van der Waals surface area contributed by atoms with Crippen LogP contribution < -0.4 is 16.0 Å². The van der Waals surface area contributed by atoms with Crippen LogP contribution in [-0.2, 0) is 4.74 Å². The summed E-state index contributed by atoms with van der Waals surface area (Å²) >= 11 is 3.38. The van der Waals surface area contributed by atoms with E-state index in [0.717, 1.165) is 43.3 Å². The van der Waals surface area contributed by atoms with Crippen LogP contribution in [0, 0.1) is 0 Å². The van der Waals surface area contributed by atoms with Gasteiger partial charge in [0.05, 0.1) is 13.2 Å². The fourth-order valence-electron chi connectivity index (χ4n) is 2.89. The molecular weight excluding hydrogens is 537 g/mol. The number of guanidine groups is 1. The minimum atomic E-state index is -0.0884. The van der Waals surface area contributed by atoms with Gasteiger partial charge in [0.1, 0.15) is 0 Å². The molecule has 1 aliphatic rings. The Labute approximate surface area is 193 Å². The highest BCUT2D eigenvalue weighted by atomic mass is 127. The maximum absolute atomic E-state index is 12.1. The zero-order chi connectivity index (χ0) is 19.7. The summed E-state index contributed by atoms with van der Waals surface area (Å²) in [5, 5.41) is 9.51. The number of benzene rings is 1. The molecule has 158 valence electrons. The largest absolute Gasteiger partial charge is 0.379 e. The van der Waals surface area contributed by atoms with Crippen molar-refractivity contribution in [1.29, 1.82) is 0 Å². The van der Waals surface area contributed by atoms with E-state index in [-0.39, 0.29) is 35.4 Å². The summed E-state index contributed by atoms with van der Waals surface area (Å²) in [6.45, 7) is 9.79. The van der Waals surface area contributed by atoms with E-state index in [4.69, 9.17) is 4.74 Å². The first kappa shape index (κ1) is 25.1. The first-order chi connectivity index (χ1) is 12.9. The number of aliphatic imine (C=N–C) groups is 1. The van der Waals surface area contributed by atoms with Gasteiger partial charge in [-0.05, 0) is 32.0 Å². The van der Waals surface area contributed by atoms with Crippen LogP contribution in [0.4, 0.5) is 0 Å². The highest BCUT2D eigenvalue weighted by molar-refractivity contribution is 14.0. The summed E-state index contributed by atoms with van der Waals surface area (Å²) in [5.74, 6) is 0.641. The third-order valence-corrected chi connectivity index (χ3v) is 5.06. The average Bonchev–Trinajstić information content (AvgIpc) is 2.68. The predicted octanol–water partition coefficient (Wildman–Crippen LogP) is 2.07. The molecule has 1 saturated heterocycles. The van der Waals surface area contributed by atoms with Crippen LogP contribution in [0.1, 0.15) is 24.2 Å². The van der Waals surface area contributed by atoms with Crippen LogP contribution in [0.15, 0.2) is 33.7 Å². The molecule has 0 unspecified atom stereocenters. The first-order valence-corrected chi connectivity index (χ1v) is 10.0. The van der Waals surface area contributed by atoms with Crippen molar-refractivity contribution in [2.24, 2.45) is 4.99 Å². The number of halogens is 2. The summed E-state index contributed by atoms with van der Waals surface area (Å²) in [7, 11) is 1.75. The smallest absolute Gasteiger partial charge is 0.251 e. The molecule has 1 heterocycles. The van der Waals surface area contributed by atoms with Crippen LogP contribution in [0.5, 0.6) is 0 Å². The minimum absolute atomic E-state index is 0. The van der Waals surface area contributed by atoms with E-state index < -0.39 is 0 Å². The van der Waals surface area contributed by atoms with Crippen molar-refractivity contribution in [2.45, 2.75) is 19.4 Å². The zero-order valence-corrected chi connectivity index (χ0v) is 20.7. The van der Waals surface area contributed by atoms with Gasteiger partial charge in [-0.15, -0.1) is 24.0 Å². The first-order valence-electron chi connectivity index (χ1n) is 9.23. The minimum Gasteiger partial charge on any atom is -0.379 e. The van der Waals surface area contributed by atoms with Gasteiger partial charge in [0.25, 0.3) is 5.91 Å². The number of ether oxygens (including phenoxy) is 1. The quantitative estimate of drug-likeness (QED) is 0.203. The zero-order valence-electron chi connectivity index (χ0n) is 16.8. The number of carbonyl (C=O) groups excluding carboxylic acids is 1. The molecule has 2 rings (SSSR count). The molecule has 1 aromatic carbocycles. The van der Waals surface area contributed by atoms with E-state index in [9.17, 15) is 4.79 Å². The Kier molecular flexibility index (Phi) is 11.3. The average molecular weight is 568 g/mol. The van der Waals surface area contributed by atoms with Gasteiger partial charge in [0.2, 0.25) is 0 Å². The molecule has 1 fully saturated rings. The van der Waals surface area contributed by atoms with Gasteiger partial charge >= 0.3 is 0 Å². The number of morpholine rings is 1. The Morgan fingerprint density at radius 2 is 1.89 bits per heavy atom. The van der Waals surface area contributed by atoms with Crippen molar-refractivity contribution in [3.63, 3.8) is 0 Å². The number of amides is 1. The van der Waals surface area contributed by atoms with E-state index in [1.165, 1.54) is 0 Å². The molecule has 0 spiro atoms. The van der Waals surface area contributed by atoms with Gasteiger partial charge in [0.15, 0.2) is 5.96 Å². The molecule has 0 saturated carbocycles. The molecule has 1 amide bonds. The summed E-state index contributed by atoms with van der Waals surface area (Å²) in [5.41, 5.74) is 0.648. The van der Waals surface area contributed by atoms with Gasteiger partial charge in [-0.1, -0.05) is 22.0 Å². The summed E-state index contributed by atoms with van der Waals surface area (Å²) in [4.78, 5) is 18.8. The standard InChI is InChI=1S/C19H30BrN5O2.HI/c1-19(2,25-9-11-27-12-10-25)14-24-18(21-3)23-8-7-22-17(26)15-5-4-6-16(20)13-15;/h4-6,13H,7-12,14H2,1-3H3,(H,22,26)(H2,21,23,24);1H. The van der Waals surface area contributed by atoms with Crippen molar-refractivity contribution in [3.05, 3.63) is 34.3 Å². The second-order valence-electron chi connectivity index (χ2n) is 7.03. The van der Waals surface area contributed by atoms with Crippen molar-refractivity contribution in [2.75, 3.05) is 53.0 Å². The van der Waals surface area contributed by atoms with Gasteiger partial charge in [-0.3, -0.25) is 14.7 Å². The Balaban J connectivity index is 0.00000392. The highest BCUT2D eigenvalue weighted by Crippen LogP contribution is 2.15. The van der Waals surface area contributed by atoms with Crippen LogP contribution >= 0.6 is 39.9 Å². The lowest BCUT2D eigenvalue weighted by Crippen LogP contribution is -2.56. The molecule has 9 heteroatoms. The van der Waals surface area contributed by atoms with Gasteiger partial charge in [-0.25, -0.2) is 0 Å². The van der Waals surface area contributed by atoms with Crippen molar-refractivity contribution in [3.8, 4) is 0 Å². The SMILES string of the molecule is CN=C(NCCNC(=O)c1cccc(Br)c1)NCC(C)(C)N1CCOCC1.I. The lowest BCUT2D eigenvalue weighted by Gasteiger charge is -2.41. The molecule has 0 aliphatic carbocycles. The van der Waals surface area contributed by atoms with Gasteiger partial charge in [-0.2, -0.15) is 0 Å². The van der Waals surface area contributed by atoms with Crippen molar-refractivity contribution >= 4 is 51.8 Å². The lowest BCUT2D eigenvalue weighted by molar-refractivity contribution is -0.00833. The topological polar surface area (TPSA) is 78.0 Å². The van der Waals surface area contributed by atoms with Crippen LogP contribution in [-0.4, -0.2) is 75.3 Å². The molecule has 3 N–H and O–H groups in total. The number of carbonyl (C=O) groups is 1. The number of rotatable bonds is 7. The second kappa shape index (κ2) is 12.6. The fourth-order valence-corrected chi connectivity index (χ4v) is 3.29. The van der Waals surface area contributed by atoms with E-state index >= 15 is 0 Å². The Bertz CT molecular complexity index is 651. The molecule has 0 bridgehead atoms. The molecule has 1 aliphatic heterocycles. The summed E-state index contributed by atoms with van der Waals surface area (Å²) in [6.07, 6.45) is 0. The van der Waals surface area contributed by atoms with Crippen LogP contribution in [0.25, 0.3) is 0 Å². The normalized spacial score (nSPS) is 15.5. The maximum atomic E-state index is 12.1. The number of hydrogen-bond acceptors (Lipinski definition) is 4. The highest BCUT2D eigenvalue weighted by Gasteiger charge is 2.28. The van der Waals surface area contributed by atoms with E-state index in [1.807, 2.05) is 12.1 Å². The number of hydrogen-bond donors (Lipinski definition) is 3. The predicted molar refractivity (Wildman–Crippen MR) is 128 cm³/mol. The fraction of sp³-hybridized carbons (Fsp3) is 0.579. The molecular formula is C19H31BrIN5O2. The molecule has 0 radical (unpaired) electrons. The Hall–Kier alpha value is -0.910. The Morgan fingerprint density at radius 3 is 2.54 bits per heavy atom. The summed E-state index contributed by atoms with van der Waals surface area (Å²) < 4.78 is 6.32. The van der Waals surface area contributed by atoms with Crippen molar-refractivity contribution < 1.29 is 9.53 Å². The van der Waals surface area contributed by atoms with Gasteiger partial charge < -0.3 is 20.7 Å². The third-order valence-electron chi connectivity index (χ3n) is 4.57. The van der Waals surface area contributed by atoms with E-state index in [2.05, 4.69) is 55.6 Å². The maximum Gasteiger partial charge on any atom is 0.251 e. The third kappa shape index (κ3) is 8.22. The molecule has 28 heavy (non-hydrogen) atoms. The molecule has 0 aromatic heterocycles. The Morgan fingerprint density at radius 1 is 1.21 bits per heavy atom.